The number of amides is 2. The lowest BCUT2D eigenvalue weighted by Gasteiger charge is -2.14. The van der Waals surface area contributed by atoms with E-state index in [1.54, 1.807) is 23.1 Å². The number of hydrogen-bond acceptors (Lipinski definition) is 4. The summed E-state index contributed by atoms with van der Waals surface area (Å²) < 4.78 is 5.47. The van der Waals surface area contributed by atoms with Gasteiger partial charge in [-0.25, -0.2) is 0 Å². The standard InChI is InChI=1S/C14H17ClN2O3S/c15-11-2-1-3-12(10-11)20-8-5-16-13(18)4-6-17-7-9-21-14(17)19/h1-3,10H,4-9H2,(H,16,18). The van der Waals surface area contributed by atoms with Crippen molar-refractivity contribution in [3.63, 3.8) is 0 Å². The largest absolute Gasteiger partial charge is 0.492 e. The van der Waals surface area contributed by atoms with Crippen LogP contribution in [-0.4, -0.2) is 48.0 Å². The maximum absolute atomic E-state index is 11.6. The van der Waals surface area contributed by atoms with Gasteiger partial charge in [-0.2, -0.15) is 0 Å². The average molecular weight is 329 g/mol. The van der Waals surface area contributed by atoms with Crippen molar-refractivity contribution >= 4 is 34.5 Å². The molecule has 0 spiro atoms. The van der Waals surface area contributed by atoms with Crippen molar-refractivity contribution in [3.8, 4) is 5.75 Å². The molecule has 0 aromatic heterocycles. The fraction of sp³-hybridized carbons (Fsp3) is 0.429. The third-order valence-electron chi connectivity index (χ3n) is 2.94. The van der Waals surface area contributed by atoms with E-state index >= 15 is 0 Å². The molecule has 7 heteroatoms. The first-order chi connectivity index (χ1) is 10.1. The van der Waals surface area contributed by atoms with E-state index in [4.69, 9.17) is 16.3 Å². The molecule has 114 valence electrons. The molecule has 1 fully saturated rings. The van der Waals surface area contributed by atoms with Crippen LogP contribution in [0, 0.1) is 0 Å². The first kappa shape index (κ1) is 16.0. The summed E-state index contributed by atoms with van der Waals surface area (Å²) in [5, 5.41) is 3.44. The van der Waals surface area contributed by atoms with E-state index in [2.05, 4.69) is 5.32 Å². The van der Waals surface area contributed by atoms with Crippen molar-refractivity contribution in [2.24, 2.45) is 0 Å². The zero-order chi connectivity index (χ0) is 15.1. The first-order valence-electron chi connectivity index (χ1n) is 6.72. The Kier molecular flexibility index (Phi) is 6.20. The third kappa shape index (κ3) is 5.47. The van der Waals surface area contributed by atoms with Gasteiger partial charge in [-0.05, 0) is 18.2 Å². The molecule has 1 aliphatic heterocycles. The van der Waals surface area contributed by atoms with Gasteiger partial charge in [0.1, 0.15) is 12.4 Å². The topological polar surface area (TPSA) is 58.6 Å². The summed E-state index contributed by atoms with van der Waals surface area (Å²) in [6, 6.07) is 7.11. The zero-order valence-electron chi connectivity index (χ0n) is 11.5. The summed E-state index contributed by atoms with van der Waals surface area (Å²) in [6.45, 7) is 2.01. The maximum atomic E-state index is 11.6. The van der Waals surface area contributed by atoms with E-state index in [1.165, 1.54) is 11.8 Å². The number of carbonyl (C=O) groups is 2. The molecule has 0 radical (unpaired) electrons. The molecule has 0 bridgehead atoms. The van der Waals surface area contributed by atoms with Crippen LogP contribution in [0.1, 0.15) is 6.42 Å². The van der Waals surface area contributed by atoms with Crippen LogP contribution in [0.25, 0.3) is 0 Å². The molecular formula is C14H17ClN2O3S. The second-order valence-electron chi connectivity index (χ2n) is 4.51. The Morgan fingerprint density at radius 3 is 3.05 bits per heavy atom. The third-order valence-corrected chi connectivity index (χ3v) is 4.07. The number of thioether (sulfide) groups is 1. The van der Waals surface area contributed by atoms with E-state index in [9.17, 15) is 9.59 Å². The molecule has 1 aliphatic rings. The lowest BCUT2D eigenvalue weighted by Crippen LogP contribution is -2.32. The van der Waals surface area contributed by atoms with Gasteiger partial charge in [0.05, 0.1) is 6.54 Å². The van der Waals surface area contributed by atoms with Gasteiger partial charge in [-0.15, -0.1) is 0 Å². The number of nitrogens with one attached hydrogen (secondary N) is 1. The van der Waals surface area contributed by atoms with Gasteiger partial charge < -0.3 is 15.0 Å². The van der Waals surface area contributed by atoms with Crippen LogP contribution in [0.5, 0.6) is 5.75 Å². The molecule has 1 saturated heterocycles. The Morgan fingerprint density at radius 2 is 2.33 bits per heavy atom. The number of benzene rings is 1. The minimum atomic E-state index is -0.0746. The predicted molar refractivity (Wildman–Crippen MR) is 84.0 cm³/mol. The summed E-state index contributed by atoms with van der Waals surface area (Å²) in [7, 11) is 0. The number of rotatable bonds is 7. The van der Waals surface area contributed by atoms with E-state index < -0.39 is 0 Å². The first-order valence-corrected chi connectivity index (χ1v) is 8.08. The summed E-state index contributed by atoms with van der Waals surface area (Å²) in [5.41, 5.74) is 0. The minimum Gasteiger partial charge on any atom is -0.492 e. The molecule has 1 heterocycles. The molecule has 1 aromatic rings. The highest BCUT2D eigenvalue weighted by Crippen LogP contribution is 2.17. The van der Waals surface area contributed by atoms with Gasteiger partial charge in [0, 0.05) is 30.3 Å². The lowest BCUT2D eigenvalue weighted by atomic mass is 10.3. The Bertz CT molecular complexity index is 513. The second kappa shape index (κ2) is 8.14. The molecule has 0 unspecified atom stereocenters. The molecule has 0 saturated carbocycles. The van der Waals surface area contributed by atoms with Crippen LogP contribution in [-0.2, 0) is 4.79 Å². The monoisotopic (exact) mass is 328 g/mol. The van der Waals surface area contributed by atoms with Crippen LogP contribution in [0.15, 0.2) is 24.3 Å². The smallest absolute Gasteiger partial charge is 0.281 e. The molecule has 21 heavy (non-hydrogen) atoms. The number of nitrogens with zero attached hydrogens (tertiary/aromatic N) is 1. The van der Waals surface area contributed by atoms with E-state index in [1.807, 2.05) is 6.07 Å². The van der Waals surface area contributed by atoms with Crippen LogP contribution < -0.4 is 10.1 Å². The lowest BCUT2D eigenvalue weighted by molar-refractivity contribution is -0.121. The molecule has 0 aliphatic carbocycles. The summed E-state index contributed by atoms with van der Waals surface area (Å²) in [4.78, 5) is 24.7. The van der Waals surface area contributed by atoms with Crippen molar-refractivity contribution in [3.05, 3.63) is 29.3 Å². The predicted octanol–water partition coefficient (Wildman–Crippen LogP) is 2.39. The van der Waals surface area contributed by atoms with Crippen LogP contribution in [0.2, 0.25) is 5.02 Å². The molecule has 5 nitrogen and oxygen atoms in total. The number of ether oxygens (including phenoxy) is 1. The Balaban J connectivity index is 1.58. The molecule has 1 aromatic carbocycles. The van der Waals surface area contributed by atoms with Gasteiger partial charge in [0.25, 0.3) is 5.24 Å². The quantitative estimate of drug-likeness (QED) is 0.781. The highest BCUT2D eigenvalue weighted by molar-refractivity contribution is 8.13. The van der Waals surface area contributed by atoms with Gasteiger partial charge in [0.15, 0.2) is 0 Å². The summed E-state index contributed by atoms with van der Waals surface area (Å²) in [5.74, 6) is 1.42. The number of hydrogen-bond donors (Lipinski definition) is 1. The fourth-order valence-electron chi connectivity index (χ4n) is 1.87. The van der Waals surface area contributed by atoms with E-state index in [0.29, 0.717) is 36.9 Å². The number of halogens is 1. The minimum absolute atomic E-state index is 0.0621. The van der Waals surface area contributed by atoms with Crippen molar-refractivity contribution < 1.29 is 14.3 Å². The maximum Gasteiger partial charge on any atom is 0.281 e. The molecular weight excluding hydrogens is 312 g/mol. The Hall–Kier alpha value is -1.40. The highest BCUT2D eigenvalue weighted by Gasteiger charge is 2.21. The van der Waals surface area contributed by atoms with Crippen LogP contribution in [0.3, 0.4) is 0 Å². The summed E-state index contributed by atoms with van der Waals surface area (Å²) >= 11 is 7.14. The SMILES string of the molecule is O=C(CCN1CCSC1=O)NCCOc1cccc(Cl)c1. The molecule has 2 amide bonds. The van der Waals surface area contributed by atoms with Crippen molar-refractivity contribution in [2.75, 3.05) is 32.0 Å². The number of carbonyl (C=O) groups excluding carboxylic acids is 2. The Morgan fingerprint density at radius 1 is 1.48 bits per heavy atom. The van der Waals surface area contributed by atoms with E-state index in [-0.39, 0.29) is 11.1 Å². The van der Waals surface area contributed by atoms with Gasteiger partial charge in [0.2, 0.25) is 5.91 Å². The van der Waals surface area contributed by atoms with Crippen molar-refractivity contribution in [1.29, 1.82) is 0 Å². The molecule has 0 atom stereocenters. The van der Waals surface area contributed by atoms with Gasteiger partial charge in [-0.1, -0.05) is 29.4 Å². The molecule has 1 N–H and O–H groups in total. The van der Waals surface area contributed by atoms with Crippen molar-refractivity contribution in [1.82, 2.24) is 10.2 Å². The van der Waals surface area contributed by atoms with Crippen molar-refractivity contribution in [2.45, 2.75) is 6.42 Å². The molecule has 2 rings (SSSR count). The van der Waals surface area contributed by atoms with Gasteiger partial charge in [-0.3, -0.25) is 9.59 Å². The van der Waals surface area contributed by atoms with Crippen LogP contribution in [0.4, 0.5) is 4.79 Å². The highest BCUT2D eigenvalue weighted by atomic mass is 35.5. The van der Waals surface area contributed by atoms with Crippen LogP contribution >= 0.6 is 23.4 Å². The zero-order valence-corrected chi connectivity index (χ0v) is 13.1. The Labute approximate surface area is 133 Å². The normalized spacial score (nSPS) is 14.3. The van der Waals surface area contributed by atoms with Gasteiger partial charge >= 0.3 is 0 Å². The second-order valence-corrected chi connectivity index (χ2v) is 5.99. The fourth-order valence-corrected chi connectivity index (χ4v) is 2.90. The average Bonchev–Trinajstić information content (AvgIpc) is 2.87. The van der Waals surface area contributed by atoms with E-state index in [0.717, 1.165) is 12.3 Å². The summed E-state index contributed by atoms with van der Waals surface area (Å²) in [6.07, 6.45) is 0.323.